The van der Waals surface area contributed by atoms with Crippen LogP contribution in [0.3, 0.4) is 0 Å². The molecule has 0 N–H and O–H groups in total. The van der Waals surface area contributed by atoms with E-state index in [0.717, 1.165) is 11.3 Å². The molecule has 2 aliphatic rings. The molecule has 0 amide bonds. The van der Waals surface area contributed by atoms with Crippen molar-refractivity contribution in [3.63, 3.8) is 0 Å². The van der Waals surface area contributed by atoms with Gasteiger partial charge in [-0.2, -0.15) is 0 Å². The Morgan fingerprint density at radius 2 is 2.08 bits per heavy atom. The number of para-hydroxylation sites is 1. The van der Waals surface area contributed by atoms with Gasteiger partial charge in [-0.05, 0) is 6.07 Å². The van der Waals surface area contributed by atoms with Crippen molar-refractivity contribution in [2.45, 2.75) is 12.4 Å². The second kappa shape index (κ2) is 2.72. The highest BCUT2D eigenvalue weighted by Crippen LogP contribution is 2.36. The Hall–Kier alpha value is -1.06. The Bertz CT molecular complexity index is 324. The molecule has 2 atom stereocenters. The van der Waals surface area contributed by atoms with Crippen LogP contribution in [-0.2, 0) is 9.47 Å². The topological polar surface area (TPSA) is 27.7 Å². The molecule has 1 aromatic carbocycles. The van der Waals surface area contributed by atoms with E-state index in [0.29, 0.717) is 13.2 Å². The molecule has 0 aromatic heterocycles. The minimum absolute atomic E-state index is 0.0948. The van der Waals surface area contributed by atoms with E-state index in [-0.39, 0.29) is 12.4 Å². The number of benzene rings is 1. The Labute approximate surface area is 76.2 Å². The molecule has 1 fully saturated rings. The molecule has 0 saturated carbocycles. The number of fused-ring (bicyclic) bond motifs is 4. The second-order valence-electron chi connectivity index (χ2n) is 3.27. The van der Waals surface area contributed by atoms with Crippen molar-refractivity contribution in [1.29, 1.82) is 0 Å². The van der Waals surface area contributed by atoms with E-state index in [1.54, 1.807) is 0 Å². The summed E-state index contributed by atoms with van der Waals surface area (Å²) >= 11 is 0. The van der Waals surface area contributed by atoms with E-state index in [4.69, 9.17) is 14.2 Å². The van der Waals surface area contributed by atoms with Crippen molar-refractivity contribution in [2.24, 2.45) is 0 Å². The summed E-state index contributed by atoms with van der Waals surface area (Å²) in [4.78, 5) is 0. The van der Waals surface area contributed by atoms with E-state index in [1.807, 2.05) is 24.3 Å². The van der Waals surface area contributed by atoms with Gasteiger partial charge >= 0.3 is 0 Å². The molecule has 0 spiro atoms. The standard InChI is InChI=1S/C10H10O3/c1-2-4-9-8(3-1)10-12-6-7(13-10)5-11-9/h1-4,7,10H,5-6H2/t7-,10-/m0/s1. The third kappa shape index (κ3) is 1.12. The summed E-state index contributed by atoms with van der Waals surface area (Å²) in [6.07, 6.45) is -0.124. The second-order valence-corrected chi connectivity index (χ2v) is 3.27. The third-order valence-corrected chi connectivity index (χ3v) is 2.35. The van der Waals surface area contributed by atoms with Gasteiger partial charge in [0.15, 0.2) is 6.29 Å². The molecule has 0 radical (unpaired) electrons. The van der Waals surface area contributed by atoms with Gasteiger partial charge in [-0.1, -0.05) is 18.2 Å². The van der Waals surface area contributed by atoms with Crippen molar-refractivity contribution in [3.8, 4) is 5.75 Å². The highest BCUT2D eigenvalue weighted by molar-refractivity contribution is 5.35. The van der Waals surface area contributed by atoms with Crippen LogP contribution < -0.4 is 4.74 Å². The first kappa shape index (κ1) is 7.35. The van der Waals surface area contributed by atoms with Crippen LogP contribution in [-0.4, -0.2) is 19.3 Å². The molecule has 3 nitrogen and oxygen atoms in total. The summed E-state index contributed by atoms with van der Waals surface area (Å²) in [5.41, 5.74) is 1.00. The fourth-order valence-corrected chi connectivity index (χ4v) is 1.69. The fraction of sp³-hybridized carbons (Fsp3) is 0.400. The summed E-state index contributed by atoms with van der Waals surface area (Å²) in [6.45, 7) is 1.23. The van der Waals surface area contributed by atoms with Gasteiger partial charge in [0.05, 0.1) is 6.61 Å². The molecule has 2 heterocycles. The molecular weight excluding hydrogens is 168 g/mol. The molecule has 2 aliphatic heterocycles. The van der Waals surface area contributed by atoms with Gasteiger partial charge in [0.2, 0.25) is 0 Å². The fourth-order valence-electron chi connectivity index (χ4n) is 1.69. The lowest BCUT2D eigenvalue weighted by Crippen LogP contribution is -2.18. The lowest BCUT2D eigenvalue weighted by atomic mass is 10.2. The van der Waals surface area contributed by atoms with Crippen LogP contribution in [0.15, 0.2) is 24.3 Å². The van der Waals surface area contributed by atoms with Gasteiger partial charge in [-0.3, -0.25) is 0 Å². The molecule has 0 unspecified atom stereocenters. The highest BCUT2D eigenvalue weighted by Gasteiger charge is 2.32. The molecule has 0 aliphatic carbocycles. The monoisotopic (exact) mass is 178 g/mol. The molecule has 68 valence electrons. The predicted molar refractivity (Wildman–Crippen MR) is 45.5 cm³/mol. The maximum absolute atomic E-state index is 5.60. The molecule has 3 heteroatoms. The van der Waals surface area contributed by atoms with Gasteiger partial charge in [0.25, 0.3) is 0 Å². The van der Waals surface area contributed by atoms with Crippen LogP contribution >= 0.6 is 0 Å². The summed E-state index contributed by atoms with van der Waals surface area (Å²) in [6, 6.07) is 7.85. The lowest BCUT2D eigenvalue weighted by molar-refractivity contribution is -0.0579. The number of hydrogen-bond donors (Lipinski definition) is 0. The van der Waals surface area contributed by atoms with Crippen molar-refractivity contribution < 1.29 is 14.2 Å². The summed E-state index contributed by atoms with van der Waals surface area (Å²) < 4.78 is 16.7. The first-order chi connectivity index (χ1) is 6.43. The summed E-state index contributed by atoms with van der Waals surface area (Å²) in [7, 11) is 0. The normalized spacial score (nSPS) is 30.5. The van der Waals surface area contributed by atoms with Crippen molar-refractivity contribution in [2.75, 3.05) is 13.2 Å². The van der Waals surface area contributed by atoms with Crippen LogP contribution in [0.25, 0.3) is 0 Å². The minimum Gasteiger partial charge on any atom is -0.490 e. The van der Waals surface area contributed by atoms with Crippen molar-refractivity contribution in [1.82, 2.24) is 0 Å². The molecule has 2 bridgehead atoms. The third-order valence-electron chi connectivity index (χ3n) is 2.35. The van der Waals surface area contributed by atoms with E-state index < -0.39 is 0 Å². The maximum Gasteiger partial charge on any atom is 0.188 e. The quantitative estimate of drug-likeness (QED) is 0.602. The van der Waals surface area contributed by atoms with Gasteiger partial charge in [0.1, 0.15) is 18.5 Å². The maximum atomic E-state index is 5.60. The zero-order valence-electron chi connectivity index (χ0n) is 7.10. The van der Waals surface area contributed by atoms with Crippen molar-refractivity contribution in [3.05, 3.63) is 29.8 Å². The Balaban J connectivity index is 2.07. The Kier molecular flexibility index (Phi) is 1.54. The number of ether oxygens (including phenoxy) is 3. The molecule has 13 heavy (non-hydrogen) atoms. The zero-order valence-corrected chi connectivity index (χ0v) is 7.10. The van der Waals surface area contributed by atoms with Gasteiger partial charge < -0.3 is 14.2 Å². The number of rotatable bonds is 0. The minimum atomic E-state index is -0.219. The average Bonchev–Trinajstić information content (AvgIpc) is 2.54. The SMILES string of the molecule is c1ccc2c(c1)OC[C@H]1CO[C@H]2O1. The first-order valence-electron chi connectivity index (χ1n) is 4.42. The molecular formula is C10H10O3. The average molecular weight is 178 g/mol. The van der Waals surface area contributed by atoms with E-state index in [2.05, 4.69) is 0 Å². The molecule has 1 aromatic rings. The van der Waals surface area contributed by atoms with Crippen LogP contribution in [0.1, 0.15) is 11.9 Å². The number of hydrogen-bond acceptors (Lipinski definition) is 3. The van der Waals surface area contributed by atoms with Crippen LogP contribution in [0.2, 0.25) is 0 Å². The predicted octanol–water partition coefficient (Wildman–Crippen LogP) is 1.49. The van der Waals surface area contributed by atoms with Crippen LogP contribution in [0, 0.1) is 0 Å². The van der Waals surface area contributed by atoms with E-state index >= 15 is 0 Å². The van der Waals surface area contributed by atoms with Gasteiger partial charge in [-0.25, -0.2) is 0 Å². The largest absolute Gasteiger partial charge is 0.490 e. The molecule has 3 rings (SSSR count). The van der Waals surface area contributed by atoms with Gasteiger partial charge in [-0.15, -0.1) is 0 Å². The molecule has 1 saturated heterocycles. The van der Waals surface area contributed by atoms with Crippen molar-refractivity contribution >= 4 is 0 Å². The Morgan fingerprint density at radius 3 is 3.08 bits per heavy atom. The Morgan fingerprint density at radius 1 is 1.15 bits per heavy atom. The van der Waals surface area contributed by atoms with E-state index in [9.17, 15) is 0 Å². The summed E-state index contributed by atoms with van der Waals surface area (Å²) in [5, 5.41) is 0. The highest BCUT2D eigenvalue weighted by atomic mass is 16.7. The smallest absolute Gasteiger partial charge is 0.188 e. The zero-order chi connectivity index (χ0) is 8.67. The lowest BCUT2D eigenvalue weighted by Gasteiger charge is -2.12. The van der Waals surface area contributed by atoms with E-state index in [1.165, 1.54) is 0 Å². The first-order valence-corrected chi connectivity index (χ1v) is 4.42. The summed E-state index contributed by atoms with van der Waals surface area (Å²) in [5.74, 6) is 0.884. The van der Waals surface area contributed by atoms with Crippen LogP contribution in [0.4, 0.5) is 0 Å². The van der Waals surface area contributed by atoms with Crippen LogP contribution in [0.5, 0.6) is 5.75 Å². The van der Waals surface area contributed by atoms with Gasteiger partial charge in [0, 0.05) is 5.56 Å².